The number of rotatable bonds is 15. The Hall–Kier alpha value is -1.79. The van der Waals surface area contributed by atoms with Gasteiger partial charge in [0.1, 0.15) is 29.2 Å². The van der Waals surface area contributed by atoms with Crippen LogP contribution in [0.4, 0.5) is 0 Å². The van der Waals surface area contributed by atoms with Crippen molar-refractivity contribution in [3.63, 3.8) is 0 Å². The summed E-state index contributed by atoms with van der Waals surface area (Å²) < 4.78 is 17.2. The van der Waals surface area contributed by atoms with Crippen LogP contribution in [0.5, 0.6) is 17.2 Å². The van der Waals surface area contributed by atoms with E-state index >= 15 is 0 Å². The molecule has 9 heteroatoms. The summed E-state index contributed by atoms with van der Waals surface area (Å²) in [6.07, 6.45) is 5.42. The molecule has 2 aromatic carbocycles. The Balaban J connectivity index is 1.62. The molecule has 34 heavy (non-hydrogen) atoms. The highest BCUT2D eigenvalue weighted by atomic mass is 35.5. The lowest BCUT2D eigenvalue weighted by atomic mass is 10.1. The summed E-state index contributed by atoms with van der Waals surface area (Å²) in [5.74, 6) is 1.81. The van der Waals surface area contributed by atoms with Crippen LogP contribution < -0.4 is 14.2 Å². The van der Waals surface area contributed by atoms with Crippen LogP contribution in [0.3, 0.4) is 0 Å². The van der Waals surface area contributed by atoms with Crippen LogP contribution in [-0.2, 0) is 4.84 Å². The summed E-state index contributed by atoms with van der Waals surface area (Å²) >= 11 is 23.7. The van der Waals surface area contributed by atoms with Crippen molar-refractivity contribution in [3.05, 3.63) is 62.6 Å². The second-order valence-electron chi connectivity index (χ2n) is 7.25. The highest BCUT2D eigenvalue weighted by Crippen LogP contribution is 2.37. The maximum atomic E-state index is 6.28. The van der Waals surface area contributed by atoms with Gasteiger partial charge in [0, 0.05) is 12.1 Å². The van der Waals surface area contributed by atoms with Crippen LogP contribution in [0.25, 0.3) is 0 Å². The van der Waals surface area contributed by atoms with Crippen LogP contribution in [0, 0.1) is 0 Å². The zero-order chi connectivity index (χ0) is 24.8. The standard InChI is InChI=1S/C25H29Cl4NO4/c1-3-34-30-18(2)19-8-10-20(11-9-19)31-13-6-4-5-7-14-33-25-22(26)16-21(17-23(25)27)32-15-12-24(28)29/h8-12,16-17H,3-7,13-15H2,1-2H3. The monoisotopic (exact) mass is 547 g/mol. The van der Waals surface area contributed by atoms with Gasteiger partial charge in [-0.15, -0.1) is 0 Å². The fraction of sp³-hybridized carbons (Fsp3) is 0.400. The predicted molar refractivity (Wildman–Crippen MR) is 141 cm³/mol. The minimum Gasteiger partial charge on any atom is -0.494 e. The molecule has 0 fully saturated rings. The molecule has 0 aliphatic heterocycles. The number of ether oxygens (including phenoxy) is 3. The molecule has 0 amide bonds. The van der Waals surface area contributed by atoms with Gasteiger partial charge in [0.2, 0.25) is 0 Å². The van der Waals surface area contributed by atoms with E-state index in [1.807, 2.05) is 38.1 Å². The van der Waals surface area contributed by atoms with E-state index < -0.39 is 0 Å². The van der Waals surface area contributed by atoms with Crippen LogP contribution in [0.15, 0.2) is 52.1 Å². The Morgan fingerprint density at radius 3 is 2.06 bits per heavy atom. The first kappa shape index (κ1) is 28.4. The molecule has 0 radical (unpaired) electrons. The zero-order valence-electron chi connectivity index (χ0n) is 19.3. The smallest absolute Gasteiger partial charge is 0.156 e. The first-order chi connectivity index (χ1) is 16.4. The summed E-state index contributed by atoms with van der Waals surface area (Å²) in [6, 6.07) is 11.1. The number of oxime groups is 1. The molecular weight excluding hydrogens is 520 g/mol. The summed E-state index contributed by atoms with van der Waals surface area (Å²) in [5, 5.41) is 4.82. The molecular formula is C25H29Cl4NO4. The highest BCUT2D eigenvalue weighted by Gasteiger charge is 2.10. The van der Waals surface area contributed by atoms with Gasteiger partial charge in [-0.25, -0.2) is 0 Å². The third-order valence-corrected chi connectivity index (χ3v) is 5.49. The Bertz CT molecular complexity index is 921. The third-order valence-electron chi connectivity index (χ3n) is 4.62. The first-order valence-electron chi connectivity index (χ1n) is 11.1. The average Bonchev–Trinajstić information content (AvgIpc) is 2.80. The van der Waals surface area contributed by atoms with Crippen LogP contribution in [0.1, 0.15) is 45.1 Å². The predicted octanol–water partition coefficient (Wildman–Crippen LogP) is 8.47. The largest absolute Gasteiger partial charge is 0.494 e. The third kappa shape index (κ3) is 10.6. The minimum atomic E-state index is 0.136. The summed E-state index contributed by atoms with van der Waals surface area (Å²) in [4.78, 5) is 5.08. The van der Waals surface area contributed by atoms with Crippen LogP contribution in [0.2, 0.25) is 10.0 Å². The molecule has 0 spiro atoms. The molecule has 2 rings (SSSR count). The number of halogens is 4. The SMILES string of the molecule is CCON=C(C)c1ccc(OCCCCCCOc2c(Cl)cc(OCC=C(Cl)Cl)cc2Cl)cc1. The van der Waals surface area contributed by atoms with E-state index in [2.05, 4.69) is 5.16 Å². The van der Waals surface area contributed by atoms with Gasteiger partial charge in [0.15, 0.2) is 5.75 Å². The fourth-order valence-corrected chi connectivity index (χ4v) is 3.59. The molecule has 5 nitrogen and oxygen atoms in total. The quantitative estimate of drug-likeness (QED) is 0.127. The second kappa shape index (κ2) is 16.0. The number of benzene rings is 2. The maximum Gasteiger partial charge on any atom is 0.156 e. The molecule has 0 heterocycles. The van der Waals surface area contributed by atoms with E-state index in [-0.39, 0.29) is 11.1 Å². The van der Waals surface area contributed by atoms with Crippen molar-refractivity contribution in [2.24, 2.45) is 5.16 Å². The van der Waals surface area contributed by atoms with Crippen molar-refractivity contribution in [2.45, 2.75) is 39.5 Å². The van der Waals surface area contributed by atoms with E-state index in [4.69, 9.17) is 65.5 Å². The second-order valence-corrected chi connectivity index (χ2v) is 9.07. The van der Waals surface area contributed by atoms with Gasteiger partial charge >= 0.3 is 0 Å². The van der Waals surface area contributed by atoms with Crippen molar-refractivity contribution >= 4 is 52.1 Å². The lowest BCUT2D eigenvalue weighted by molar-refractivity contribution is 0.159. The molecule has 0 atom stereocenters. The van der Waals surface area contributed by atoms with E-state index in [9.17, 15) is 0 Å². The summed E-state index contributed by atoms with van der Waals surface area (Å²) in [5.41, 5.74) is 1.85. The average molecular weight is 549 g/mol. The van der Waals surface area contributed by atoms with Crippen molar-refractivity contribution in [2.75, 3.05) is 26.4 Å². The van der Waals surface area contributed by atoms with E-state index in [1.54, 1.807) is 12.1 Å². The van der Waals surface area contributed by atoms with Gasteiger partial charge in [0.05, 0.1) is 29.0 Å². The number of hydrogen-bond donors (Lipinski definition) is 0. The lowest BCUT2D eigenvalue weighted by Gasteiger charge is -2.12. The molecule has 0 N–H and O–H groups in total. The molecule has 0 aliphatic carbocycles. The van der Waals surface area contributed by atoms with Gasteiger partial charge in [-0.1, -0.05) is 51.6 Å². The van der Waals surface area contributed by atoms with Crippen LogP contribution in [-0.4, -0.2) is 32.1 Å². The maximum absolute atomic E-state index is 6.28. The van der Waals surface area contributed by atoms with Crippen molar-refractivity contribution in [3.8, 4) is 17.2 Å². The van der Waals surface area contributed by atoms with Gasteiger partial charge < -0.3 is 19.0 Å². The van der Waals surface area contributed by atoms with Crippen LogP contribution >= 0.6 is 46.4 Å². The van der Waals surface area contributed by atoms with Gasteiger partial charge in [0.25, 0.3) is 0 Å². The van der Waals surface area contributed by atoms with E-state index in [0.717, 1.165) is 42.7 Å². The van der Waals surface area contributed by atoms with Gasteiger partial charge in [-0.05, 0) is 75.4 Å². The molecule has 0 bridgehead atoms. The fourth-order valence-electron chi connectivity index (χ4n) is 2.89. The molecule has 0 unspecified atom stereocenters. The van der Waals surface area contributed by atoms with Gasteiger partial charge in [-0.2, -0.15) is 0 Å². The van der Waals surface area contributed by atoms with Gasteiger partial charge in [-0.3, -0.25) is 0 Å². The minimum absolute atomic E-state index is 0.136. The number of unbranched alkanes of at least 4 members (excludes halogenated alkanes) is 3. The van der Waals surface area contributed by atoms with Crippen molar-refractivity contribution in [1.82, 2.24) is 0 Å². The summed E-state index contributed by atoms with van der Waals surface area (Å²) in [7, 11) is 0. The number of hydrogen-bond acceptors (Lipinski definition) is 5. The molecule has 0 saturated heterocycles. The molecule has 2 aromatic rings. The van der Waals surface area contributed by atoms with Crippen molar-refractivity contribution < 1.29 is 19.0 Å². The van der Waals surface area contributed by atoms with E-state index in [0.29, 0.717) is 41.4 Å². The normalized spacial score (nSPS) is 11.2. The zero-order valence-corrected chi connectivity index (χ0v) is 22.3. The molecule has 0 saturated carbocycles. The Morgan fingerprint density at radius 2 is 1.47 bits per heavy atom. The Labute approximate surface area is 221 Å². The van der Waals surface area contributed by atoms with E-state index in [1.165, 1.54) is 6.08 Å². The highest BCUT2D eigenvalue weighted by molar-refractivity contribution is 6.55. The molecule has 0 aliphatic rings. The number of nitrogens with zero attached hydrogens (tertiary/aromatic N) is 1. The lowest BCUT2D eigenvalue weighted by Crippen LogP contribution is -2.01. The first-order valence-corrected chi connectivity index (χ1v) is 12.6. The van der Waals surface area contributed by atoms with Crippen molar-refractivity contribution in [1.29, 1.82) is 0 Å². The Kier molecular flexibility index (Phi) is 13.4. The molecule has 0 aromatic heterocycles. The Morgan fingerprint density at radius 1 is 0.853 bits per heavy atom. The summed E-state index contributed by atoms with van der Waals surface area (Å²) in [6.45, 7) is 5.78. The topological polar surface area (TPSA) is 49.3 Å². The molecule has 186 valence electrons.